The van der Waals surface area contributed by atoms with Crippen molar-refractivity contribution in [1.29, 1.82) is 0 Å². The van der Waals surface area contributed by atoms with E-state index in [4.69, 9.17) is 15.9 Å². The van der Waals surface area contributed by atoms with Crippen LogP contribution in [0.5, 0.6) is 0 Å². The highest BCUT2D eigenvalue weighted by atomic mass is 32.1. The molecule has 3 unspecified atom stereocenters. The molecule has 3 atom stereocenters. The van der Waals surface area contributed by atoms with Crippen molar-refractivity contribution in [2.45, 2.75) is 31.0 Å². The Morgan fingerprint density at radius 1 is 1.00 bits per heavy atom. The number of aliphatic hydroxyl groups excluding tert-OH is 1. The van der Waals surface area contributed by atoms with E-state index >= 15 is 0 Å². The highest BCUT2D eigenvalue weighted by molar-refractivity contribution is 7.80. The van der Waals surface area contributed by atoms with Gasteiger partial charge >= 0.3 is 11.9 Å². The molecule has 0 saturated heterocycles. The quantitative estimate of drug-likeness (QED) is 0.153. The van der Waals surface area contributed by atoms with Gasteiger partial charge in [-0.05, 0) is 6.42 Å². The predicted molar refractivity (Wildman–Crippen MR) is 90.3 cm³/mol. The lowest BCUT2D eigenvalue weighted by molar-refractivity contribution is -0.143. The Labute approximate surface area is 153 Å². The van der Waals surface area contributed by atoms with Gasteiger partial charge in [0, 0.05) is 12.2 Å². The lowest BCUT2D eigenvalue weighted by Gasteiger charge is -2.20. The van der Waals surface area contributed by atoms with Crippen molar-refractivity contribution in [3.8, 4) is 0 Å². The summed E-state index contributed by atoms with van der Waals surface area (Å²) >= 11 is 3.82. The Morgan fingerprint density at radius 3 is 2.08 bits per heavy atom. The second-order valence-electron chi connectivity index (χ2n) is 5.14. The summed E-state index contributed by atoms with van der Waals surface area (Å²) in [4.78, 5) is 56.6. The molecule has 3 amide bonds. The fourth-order valence-electron chi connectivity index (χ4n) is 1.62. The first-order valence-electron chi connectivity index (χ1n) is 7.41. The minimum absolute atomic E-state index is 0.0576. The van der Waals surface area contributed by atoms with Gasteiger partial charge < -0.3 is 37.0 Å². The smallest absolute Gasteiger partial charge is 0.326 e. The summed E-state index contributed by atoms with van der Waals surface area (Å²) in [6, 6.07) is -3.91. The molecule has 0 aromatic rings. The van der Waals surface area contributed by atoms with Gasteiger partial charge in [-0.1, -0.05) is 0 Å². The molecule has 0 aromatic carbocycles. The number of carboxylic acid groups (broad SMARTS) is 2. The standard InChI is InChI=1S/C13H22N4O8S/c14-6(5-26)11(22)15-3-9(19)16-8(4-18)12(23)17-7(13(24)25)1-2-10(20)21/h6-8,18,26H,1-5,14H2,(H,15,22)(H,16,19)(H,17,23)(H,20,21)(H,24,25). The fraction of sp³-hybridized carbons (Fsp3) is 0.615. The highest BCUT2D eigenvalue weighted by Crippen LogP contribution is 1.99. The van der Waals surface area contributed by atoms with Crippen LogP contribution in [0.1, 0.15) is 12.8 Å². The van der Waals surface area contributed by atoms with Crippen molar-refractivity contribution in [2.75, 3.05) is 18.9 Å². The Kier molecular flexibility index (Phi) is 10.9. The van der Waals surface area contributed by atoms with Crippen LogP contribution in [0.3, 0.4) is 0 Å². The van der Waals surface area contributed by atoms with Crippen molar-refractivity contribution >= 4 is 42.3 Å². The predicted octanol–water partition coefficient (Wildman–Crippen LogP) is -3.73. The van der Waals surface area contributed by atoms with Crippen LogP contribution in [0.25, 0.3) is 0 Å². The number of carbonyl (C=O) groups excluding carboxylic acids is 3. The Balaban J connectivity index is 4.62. The van der Waals surface area contributed by atoms with Gasteiger partial charge in [0.2, 0.25) is 17.7 Å². The van der Waals surface area contributed by atoms with Crippen molar-refractivity contribution in [3.63, 3.8) is 0 Å². The van der Waals surface area contributed by atoms with Crippen LogP contribution >= 0.6 is 12.6 Å². The van der Waals surface area contributed by atoms with Gasteiger partial charge in [0.1, 0.15) is 12.1 Å². The molecule has 0 aliphatic rings. The monoisotopic (exact) mass is 394 g/mol. The van der Waals surface area contributed by atoms with E-state index in [1.807, 2.05) is 5.32 Å². The Morgan fingerprint density at radius 2 is 1.62 bits per heavy atom. The van der Waals surface area contributed by atoms with Crippen molar-refractivity contribution in [2.24, 2.45) is 5.73 Å². The number of rotatable bonds is 12. The zero-order valence-corrected chi connectivity index (χ0v) is 14.6. The number of hydrogen-bond donors (Lipinski definition) is 8. The molecule has 0 aromatic heterocycles. The van der Waals surface area contributed by atoms with Crippen LogP contribution in [-0.2, 0) is 24.0 Å². The van der Waals surface area contributed by atoms with Crippen LogP contribution in [0, 0.1) is 0 Å². The van der Waals surface area contributed by atoms with Crippen molar-refractivity contribution < 1.29 is 39.3 Å². The first-order chi connectivity index (χ1) is 12.1. The number of thiol groups is 1. The average Bonchev–Trinajstić information content (AvgIpc) is 2.59. The molecule has 0 aliphatic heterocycles. The van der Waals surface area contributed by atoms with Gasteiger partial charge in [-0.15, -0.1) is 0 Å². The summed E-state index contributed by atoms with van der Waals surface area (Å²) in [6.45, 7) is -1.36. The minimum atomic E-state index is -1.50. The largest absolute Gasteiger partial charge is 0.481 e. The number of nitrogens with two attached hydrogens (primary N) is 1. The number of amides is 3. The number of hydrogen-bond acceptors (Lipinski definition) is 8. The van der Waals surface area contributed by atoms with Crippen molar-refractivity contribution in [1.82, 2.24) is 16.0 Å². The number of nitrogens with one attached hydrogen (secondary N) is 3. The second kappa shape index (κ2) is 12.1. The summed E-state index contributed by atoms with van der Waals surface area (Å²) in [6.07, 6.45) is -0.870. The van der Waals surface area contributed by atoms with Crippen LogP contribution < -0.4 is 21.7 Å². The summed E-state index contributed by atoms with van der Waals surface area (Å²) < 4.78 is 0. The van der Waals surface area contributed by atoms with E-state index in [0.29, 0.717) is 0 Å². The highest BCUT2D eigenvalue weighted by Gasteiger charge is 2.26. The molecule has 148 valence electrons. The molecule has 0 radical (unpaired) electrons. The number of carboxylic acids is 2. The molecular formula is C13H22N4O8S. The number of carbonyl (C=O) groups is 5. The Hall–Kier alpha value is -2.38. The minimum Gasteiger partial charge on any atom is -0.481 e. The van der Waals surface area contributed by atoms with Gasteiger partial charge in [0.15, 0.2) is 0 Å². The van der Waals surface area contributed by atoms with E-state index in [1.54, 1.807) is 0 Å². The maximum atomic E-state index is 11.9. The van der Waals surface area contributed by atoms with Crippen LogP contribution in [-0.4, -0.2) is 82.0 Å². The van der Waals surface area contributed by atoms with E-state index in [9.17, 15) is 29.1 Å². The maximum Gasteiger partial charge on any atom is 0.326 e. The third-order valence-corrected chi connectivity index (χ3v) is 3.45. The van der Waals surface area contributed by atoms with Crippen molar-refractivity contribution in [3.05, 3.63) is 0 Å². The first kappa shape index (κ1) is 23.6. The normalized spacial score (nSPS) is 13.8. The summed E-state index contributed by atoms with van der Waals surface area (Å²) in [5, 5.41) is 33.0. The lowest BCUT2D eigenvalue weighted by Crippen LogP contribution is -2.55. The topological polar surface area (TPSA) is 208 Å². The summed E-state index contributed by atoms with van der Waals surface area (Å²) in [5.74, 6) is -5.13. The van der Waals surface area contributed by atoms with Gasteiger partial charge in [-0.2, -0.15) is 12.6 Å². The molecule has 12 nitrogen and oxygen atoms in total. The first-order valence-corrected chi connectivity index (χ1v) is 8.04. The van der Waals surface area contributed by atoms with Crippen LogP contribution in [0.15, 0.2) is 0 Å². The summed E-state index contributed by atoms with van der Waals surface area (Å²) in [7, 11) is 0. The van der Waals surface area contributed by atoms with E-state index < -0.39 is 67.4 Å². The van der Waals surface area contributed by atoms with E-state index in [-0.39, 0.29) is 12.2 Å². The fourth-order valence-corrected chi connectivity index (χ4v) is 1.78. The van der Waals surface area contributed by atoms with Crippen LogP contribution in [0.2, 0.25) is 0 Å². The molecule has 0 spiro atoms. The lowest BCUT2D eigenvalue weighted by atomic mass is 10.1. The zero-order chi connectivity index (χ0) is 20.3. The number of aliphatic hydroxyl groups is 1. The van der Waals surface area contributed by atoms with Gasteiger partial charge in [-0.3, -0.25) is 19.2 Å². The molecule has 0 bridgehead atoms. The number of aliphatic carboxylic acids is 2. The molecule has 0 heterocycles. The van der Waals surface area contributed by atoms with E-state index in [2.05, 4.69) is 23.3 Å². The van der Waals surface area contributed by atoms with Gasteiger partial charge in [-0.25, -0.2) is 4.79 Å². The van der Waals surface area contributed by atoms with E-state index in [1.165, 1.54) is 0 Å². The Bertz CT molecular complexity index is 544. The van der Waals surface area contributed by atoms with E-state index in [0.717, 1.165) is 0 Å². The zero-order valence-electron chi connectivity index (χ0n) is 13.7. The van der Waals surface area contributed by atoms with Gasteiger partial charge in [0.25, 0.3) is 0 Å². The molecule has 0 fully saturated rings. The third-order valence-electron chi connectivity index (χ3n) is 3.05. The second-order valence-corrected chi connectivity index (χ2v) is 5.51. The molecular weight excluding hydrogens is 372 g/mol. The van der Waals surface area contributed by atoms with Crippen LogP contribution in [0.4, 0.5) is 0 Å². The average molecular weight is 394 g/mol. The van der Waals surface area contributed by atoms with Gasteiger partial charge in [0.05, 0.1) is 19.2 Å². The molecule has 13 heteroatoms. The molecule has 0 rings (SSSR count). The molecule has 0 saturated carbocycles. The maximum absolute atomic E-state index is 11.9. The molecule has 26 heavy (non-hydrogen) atoms. The third kappa shape index (κ3) is 9.19. The summed E-state index contributed by atoms with van der Waals surface area (Å²) in [5.41, 5.74) is 5.39. The molecule has 0 aliphatic carbocycles. The molecule has 8 N–H and O–H groups in total. The SMILES string of the molecule is NC(CS)C(=O)NCC(=O)NC(CO)C(=O)NC(CCC(=O)O)C(=O)O.